The van der Waals surface area contributed by atoms with E-state index in [0.717, 1.165) is 29.4 Å². The fraction of sp³-hybridized carbons (Fsp3) is 0.609. The van der Waals surface area contributed by atoms with Gasteiger partial charge in [-0.25, -0.2) is 0 Å². The molecule has 7 atom stereocenters. The van der Waals surface area contributed by atoms with Crippen LogP contribution in [0.5, 0.6) is 0 Å². The van der Waals surface area contributed by atoms with Crippen molar-refractivity contribution in [2.45, 2.75) is 68.9 Å². The minimum atomic E-state index is -1.08. The number of benzene rings is 1. The largest absolute Gasteiger partial charge is 0.481 e. The first-order valence-electron chi connectivity index (χ1n) is 11.0. The molecule has 2 bridgehead atoms. The smallest absolute Gasteiger partial charge is 0.316 e. The van der Waals surface area contributed by atoms with Gasteiger partial charge in [0.2, 0.25) is 0 Å². The lowest BCUT2D eigenvalue weighted by molar-refractivity contribution is -0.954. The standard InChI is InChI=1S/C19H26NO4.C4H6O4/c1-3-20(2)15-9-13(10-16(20)18-17(15)24-18)23-19(22)14(11-21)12-7-5-4-6-8-12;5-3(6)1-2-4(7)8/h4-8,13-18,21H,3,9-11H2,1-2H3;1-2H2,(H,5,6)(H,7,8)/q+1;/t13?,14?,15-,16-,17-,18+,20?;/m0./s1. The van der Waals surface area contributed by atoms with E-state index in [0.29, 0.717) is 24.3 Å². The van der Waals surface area contributed by atoms with Crippen LogP contribution in [0, 0.1) is 0 Å². The van der Waals surface area contributed by atoms with E-state index in [1.807, 2.05) is 30.3 Å². The minimum absolute atomic E-state index is 0.0561. The lowest BCUT2D eigenvalue weighted by Gasteiger charge is -2.47. The predicted octanol–water partition coefficient (Wildman–Crippen LogP) is 1.39. The molecular weight excluding hydrogens is 418 g/mol. The van der Waals surface area contributed by atoms with Gasteiger partial charge in [0.15, 0.2) is 0 Å². The van der Waals surface area contributed by atoms with Crippen molar-refractivity contribution < 1.29 is 43.7 Å². The molecule has 1 aromatic carbocycles. The Labute approximate surface area is 187 Å². The average molecular weight is 451 g/mol. The summed E-state index contributed by atoms with van der Waals surface area (Å²) < 4.78 is 12.7. The zero-order valence-electron chi connectivity index (χ0n) is 18.4. The first-order chi connectivity index (χ1) is 15.2. The molecule has 3 unspecified atom stereocenters. The van der Waals surface area contributed by atoms with Gasteiger partial charge < -0.3 is 29.3 Å². The van der Waals surface area contributed by atoms with Crippen molar-refractivity contribution >= 4 is 17.9 Å². The Kier molecular flexibility index (Phi) is 7.53. The maximum absolute atomic E-state index is 12.6. The number of hydrogen-bond donors (Lipinski definition) is 3. The number of quaternary nitrogens is 1. The molecule has 9 nitrogen and oxygen atoms in total. The van der Waals surface area contributed by atoms with E-state index in [1.165, 1.54) is 0 Å². The fourth-order valence-corrected chi connectivity index (χ4v) is 5.08. The Morgan fingerprint density at radius 1 is 1.06 bits per heavy atom. The molecule has 0 aliphatic carbocycles. The molecule has 0 spiro atoms. The molecule has 3 aliphatic rings. The molecule has 3 fully saturated rings. The van der Waals surface area contributed by atoms with Crippen LogP contribution in [0.3, 0.4) is 0 Å². The van der Waals surface area contributed by atoms with E-state index in [2.05, 4.69) is 14.0 Å². The van der Waals surface area contributed by atoms with Gasteiger partial charge in [-0.2, -0.15) is 0 Å². The third-order valence-electron chi connectivity index (χ3n) is 7.03. The number of morpholine rings is 1. The van der Waals surface area contributed by atoms with Gasteiger partial charge >= 0.3 is 17.9 Å². The van der Waals surface area contributed by atoms with Crippen LogP contribution < -0.4 is 0 Å². The Balaban J connectivity index is 0.000000312. The maximum atomic E-state index is 12.6. The first-order valence-corrected chi connectivity index (χ1v) is 11.0. The highest BCUT2D eigenvalue weighted by Gasteiger charge is 2.71. The van der Waals surface area contributed by atoms with Crippen molar-refractivity contribution in [1.82, 2.24) is 0 Å². The number of fused-ring (bicyclic) bond motifs is 5. The van der Waals surface area contributed by atoms with Crippen LogP contribution in [0.2, 0.25) is 0 Å². The van der Waals surface area contributed by atoms with E-state index in [-0.39, 0.29) is 31.5 Å². The van der Waals surface area contributed by atoms with Crippen molar-refractivity contribution in [3.8, 4) is 0 Å². The minimum Gasteiger partial charge on any atom is -0.481 e. The number of carboxylic acid groups (broad SMARTS) is 2. The highest BCUT2D eigenvalue weighted by atomic mass is 16.6. The number of epoxide rings is 1. The van der Waals surface area contributed by atoms with Gasteiger partial charge in [-0.1, -0.05) is 30.3 Å². The summed E-state index contributed by atoms with van der Waals surface area (Å²) in [5, 5.41) is 25.4. The van der Waals surface area contributed by atoms with Gasteiger partial charge in [0.25, 0.3) is 0 Å². The number of carbonyl (C=O) groups is 3. The average Bonchev–Trinajstić information content (AvgIpc) is 3.53. The molecule has 0 radical (unpaired) electrons. The van der Waals surface area contributed by atoms with Crippen LogP contribution in [0.25, 0.3) is 0 Å². The van der Waals surface area contributed by atoms with Crippen LogP contribution >= 0.6 is 0 Å². The molecule has 1 aromatic rings. The summed E-state index contributed by atoms with van der Waals surface area (Å²) in [6, 6.07) is 10.2. The van der Waals surface area contributed by atoms with Gasteiger partial charge in [0.1, 0.15) is 36.3 Å². The van der Waals surface area contributed by atoms with Gasteiger partial charge in [0.05, 0.1) is 33.0 Å². The predicted molar refractivity (Wildman–Crippen MR) is 113 cm³/mol. The molecule has 0 saturated carbocycles. The van der Waals surface area contributed by atoms with E-state index >= 15 is 0 Å². The van der Waals surface area contributed by atoms with Gasteiger partial charge in [-0.3, -0.25) is 14.4 Å². The van der Waals surface area contributed by atoms with E-state index < -0.39 is 17.9 Å². The number of ether oxygens (including phenoxy) is 2. The Bertz CT molecular complexity index is 797. The lowest BCUT2D eigenvalue weighted by atomic mass is 9.95. The van der Waals surface area contributed by atoms with Crippen molar-refractivity contribution in [3.05, 3.63) is 35.9 Å². The topological polar surface area (TPSA) is 134 Å². The summed E-state index contributed by atoms with van der Waals surface area (Å²) >= 11 is 0. The molecule has 176 valence electrons. The molecule has 0 aromatic heterocycles. The number of nitrogens with zero attached hydrogens (tertiary/aromatic N) is 1. The van der Waals surface area contributed by atoms with Crippen molar-refractivity contribution in [2.24, 2.45) is 0 Å². The normalized spacial score (nSPS) is 32.7. The summed E-state index contributed by atoms with van der Waals surface area (Å²) in [7, 11) is 2.31. The highest BCUT2D eigenvalue weighted by molar-refractivity contribution is 5.78. The quantitative estimate of drug-likeness (QED) is 0.307. The van der Waals surface area contributed by atoms with Crippen molar-refractivity contribution in [1.29, 1.82) is 0 Å². The molecule has 3 aliphatic heterocycles. The Hall–Kier alpha value is -2.49. The number of carboxylic acids is 2. The van der Waals surface area contributed by atoms with Crippen LogP contribution in [0.15, 0.2) is 30.3 Å². The fourth-order valence-electron chi connectivity index (χ4n) is 5.08. The number of aliphatic hydroxyl groups excluding tert-OH is 1. The second-order valence-electron chi connectivity index (χ2n) is 8.83. The summed E-state index contributed by atoms with van der Waals surface area (Å²) in [5.74, 6) is -3.06. The summed E-state index contributed by atoms with van der Waals surface area (Å²) in [4.78, 5) is 31.9. The molecule has 4 rings (SSSR count). The van der Waals surface area contributed by atoms with Crippen molar-refractivity contribution in [3.63, 3.8) is 0 Å². The molecule has 3 N–H and O–H groups in total. The number of aliphatic hydroxyl groups is 1. The highest BCUT2D eigenvalue weighted by Crippen LogP contribution is 2.52. The Morgan fingerprint density at radius 3 is 2.03 bits per heavy atom. The van der Waals surface area contributed by atoms with E-state index in [9.17, 15) is 19.5 Å². The van der Waals surface area contributed by atoms with E-state index in [4.69, 9.17) is 19.7 Å². The number of rotatable bonds is 8. The first kappa shape index (κ1) is 24.2. The zero-order valence-corrected chi connectivity index (χ0v) is 18.4. The molecular formula is C23H32NO8+. The number of esters is 1. The van der Waals surface area contributed by atoms with Crippen molar-refractivity contribution in [2.75, 3.05) is 20.2 Å². The number of likely N-dealkylation sites (N-methyl/N-ethyl adjacent to an activating group) is 1. The SMILES string of the molecule is CC[N+]1(C)[C@H]2CC(OC(=O)C(CO)c3ccccc3)C[C@H]1[C@H]1O[C@H]12.O=C(O)CCC(=O)O. The molecule has 3 heterocycles. The summed E-state index contributed by atoms with van der Waals surface area (Å²) in [6.45, 7) is 3.10. The molecule has 9 heteroatoms. The number of piperidine rings is 1. The van der Waals surface area contributed by atoms with Gasteiger partial charge in [-0.05, 0) is 12.5 Å². The second kappa shape index (κ2) is 9.97. The van der Waals surface area contributed by atoms with Crippen LogP contribution in [-0.4, -0.2) is 88.3 Å². The zero-order chi connectivity index (χ0) is 23.5. The monoisotopic (exact) mass is 450 g/mol. The Morgan fingerprint density at radius 2 is 1.59 bits per heavy atom. The molecule has 0 amide bonds. The lowest BCUT2D eigenvalue weighted by Crippen LogP contribution is -2.62. The van der Waals surface area contributed by atoms with Crippen LogP contribution in [-0.2, 0) is 23.9 Å². The second-order valence-corrected chi connectivity index (χ2v) is 8.83. The van der Waals surface area contributed by atoms with Crippen LogP contribution in [0.4, 0.5) is 0 Å². The number of hydrogen-bond acceptors (Lipinski definition) is 6. The summed E-state index contributed by atoms with van der Waals surface area (Å²) in [6.07, 6.45) is 1.78. The van der Waals surface area contributed by atoms with Gasteiger partial charge in [-0.15, -0.1) is 0 Å². The number of carbonyl (C=O) groups excluding carboxylic acids is 1. The van der Waals surface area contributed by atoms with E-state index in [1.54, 1.807) is 0 Å². The molecule has 3 saturated heterocycles. The third kappa shape index (κ3) is 5.11. The number of aliphatic carboxylic acids is 2. The third-order valence-corrected chi connectivity index (χ3v) is 7.03. The van der Waals surface area contributed by atoms with Gasteiger partial charge in [0, 0.05) is 12.8 Å². The maximum Gasteiger partial charge on any atom is 0.316 e. The van der Waals surface area contributed by atoms with Crippen LogP contribution in [0.1, 0.15) is 44.1 Å². The molecule has 32 heavy (non-hydrogen) atoms. The summed E-state index contributed by atoms with van der Waals surface area (Å²) in [5.41, 5.74) is 0.809.